The van der Waals surface area contributed by atoms with Crippen LogP contribution < -0.4 is 0 Å². The number of Topliss-reactive ketones (excluding diaryl/α,β-unsaturated/α-hetero) is 1. The van der Waals surface area contributed by atoms with Crippen molar-refractivity contribution in [3.8, 4) is 0 Å². The smallest absolute Gasteiger partial charge is 0.182 e. The summed E-state index contributed by atoms with van der Waals surface area (Å²) in [7, 11) is 0. The molecular formula is C14H15NO. The first-order valence-electron chi connectivity index (χ1n) is 5.46. The average Bonchev–Trinajstić information content (AvgIpc) is 2.33. The molecular weight excluding hydrogens is 198 g/mol. The van der Waals surface area contributed by atoms with Crippen molar-refractivity contribution in [1.29, 1.82) is 0 Å². The molecule has 0 aliphatic carbocycles. The van der Waals surface area contributed by atoms with E-state index in [1.165, 1.54) is 0 Å². The topological polar surface area (TPSA) is 20.3 Å². The molecule has 0 fully saturated rings. The highest BCUT2D eigenvalue weighted by molar-refractivity contribution is 5.97. The Morgan fingerprint density at radius 3 is 2.69 bits per heavy atom. The van der Waals surface area contributed by atoms with Crippen molar-refractivity contribution in [2.45, 2.75) is 13.0 Å². The minimum absolute atomic E-state index is 0.160. The standard InChI is InChI=1S/C14H15NO/c1-12-7-5-6-10-15(12)11-14(16)13-8-3-2-4-9-13/h2-10,12H,11H2,1H3/t12-/m1/s1. The van der Waals surface area contributed by atoms with E-state index in [1.54, 1.807) is 0 Å². The normalized spacial score (nSPS) is 18.8. The minimum atomic E-state index is 0.160. The molecule has 82 valence electrons. The highest BCUT2D eigenvalue weighted by atomic mass is 16.1. The zero-order chi connectivity index (χ0) is 11.4. The predicted octanol–water partition coefficient (Wildman–Crippen LogP) is 2.64. The van der Waals surface area contributed by atoms with Crippen molar-refractivity contribution < 1.29 is 4.79 Å². The molecule has 2 heteroatoms. The van der Waals surface area contributed by atoms with Crippen LogP contribution in [0.15, 0.2) is 54.8 Å². The molecule has 1 aromatic carbocycles. The third kappa shape index (κ3) is 2.40. The van der Waals surface area contributed by atoms with E-state index < -0.39 is 0 Å². The van der Waals surface area contributed by atoms with Crippen LogP contribution in [0, 0.1) is 0 Å². The highest BCUT2D eigenvalue weighted by Gasteiger charge is 2.14. The number of nitrogens with zero attached hydrogens (tertiary/aromatic N) is 1. The first-order valence-corrected chi connectivity index (χ1v) is 5.46. The summed E-state index contributed by atoms with van der Waals surface area (Å²) in [4.78, 5) is 14.0. The summed E-state index contributed by atoms with van der Waals surface area (Å²) in [5.74, 6) is 0.160. The zero-order valence-electron chi connectivity index (χ0n) is 9.34. The Labute approximate surface area is 95.9 Å². The molecule has 0 spiro atoms. The molecule has 0 saturated carbocycles. The molecule has 16 heavy (non-hydrogen) atoms. The first-order chi connectivity index (χ1) is 7.77. The Hall–Kier alpha value is -1.83. The van der Waals surface area contributed by atoms with Gasteiger partial charge in [-0.05, 0) is 13.0 Å². The number of hydrogen-bond acceptors (Lipinski definition) is 2. The van der Waals surface area contributed by atoms with Gasteiger partial charge in [-0.25, -0.2) is 0 Å². The lowest BCUT2D eigenvalue weighted by molar-refractivity contribution is 0.0947. The summed E-state index contributed by atoms with van der Waals surface area (Å²) in [6.07, 6.45) is 8.01. The number of carbonyl (C=O) groups is 1. The number of rotatable bonds is 3. The summed E-state index contributed by atoms with van der Waals surface area (Å²) in [6.45, 7) is 2.52. The van der Waals surface area contributed by atoms with E-state index in [1.807, 2.05) is 53.6 Å². The first kappa shape index (κ1) is 10.7. The molecule has 0 unspecified atom stereocenters. The molecule has 1 aliphatic rings. The van der Waals surface area contributed by atoms with Gasteiger partial charge in [-0.3, -0.25) is 4.79 Å². The summed E-state index contributed by atoms with van der Waals surface area (Å²) in [5, 5.41) is 0. The summed E-state index contributed by atoms with van der Waals surface area (Å²) in [5.41, 5.74) is 0.776. The molecule has 1 aromatic rings. The number of ketones is 1. The molecule has 1 heterocycles. The van der Waals surface area contributed by atoms with Crippen molar-refractivity contribution in [3.63, 3.8) is 0 Å². The number of hydrogen-bond donors (Lipinski definition) is 0. The minimum Gasteiger partial charge on any atom is -0.364 e. The SMILES string of the molecule is C[C@@H]1C=CC=CN1CC(=O)c1ccccc1. The van der Waals surface area contributed by atoms with Crippen molar-refractivity contribution in [2.75, 3.05) is 6.54 Å². The molecule has 0 bridgehead atoms. The fourth-order valence-electron chi connectivity index (χ4n) is 1.71. The van der Waals surface area contributed by atoms with Crippen LogP contribution >= 0.6 is 0 Å². The van der Waals surface area contributed by atoms with Gasteiger partial charge >= 0.3 is 0 Å². The van der Waals surface area contributed by atoms with Gasteiger partial charge in [0.15, 0.2) is 5.78 Å². The van der Waals surface area contributed by atoms with Gasteiger partial charge in [0.05, 0.1) is 6.54 Å². The number of benzene rings is 1. The van der Waals surface area contributed by atoms with Crippen LogP contribution in [0.3, 0.4) is 0 Å². The number of allylic oxidation sites excluding steroid dienone is 2. The van der Waals surface area contributed by atoms with Crippen molar-refractivity contribution in [2.24, 2.45) is 0 Å². The van der Waals surface area contributed by atoms with E-state index >= 15 is 0 Å². The van der Waals surface area contributed by atoms with Gasteiger partial charge in [0.25, 0.3) is 0 Å². The second kappa shape index (κ2) is 4.79. The second-order valence-corrected chi connectivity index (χ2v) is 3.93. The van der Waals surface area contributed by atoms with Gasteiger partial charge in [-0.2, -0.15) is 0 Å². The molecule has 0 amide bonds. The molecule has 0 N–H and O–H groups in total. The van der Waals surface area contributed by atoms with Gasteiger partial charge in [0, 0.05) is 17.8 Å². The summed E-state index contributed by atoms with van der Waals surface area (Å²) in [6, 6.07) is 9.71. The second-order valence-electron chi connectivity index (χ2n) is 3.93. The van der Waals surface area contributed by atoms with E-state index in [-0.39, 0.29) is 11.8 Å². The van der Waals surface area contributed by atoms with Crippen molar-refractivity contribution >= 4 is 5.78 Å². The third-order valence-corrected chi connectivity index (χ3v) is 2.72. The molecule has 2 nitrogen and oxygen atoms in total. The lowest BCUT2D eigenvalue weighted by Crippen LogP contribution is -2.32. The van der Waals surface area contributed by atoms with E-state index in [9.17, 15) is 4.79 Å². The lowest BCUT2D eigenvalue weighted by Gasteiger charge is -2.26. The van der Waals surface area contributed by atoms with Crippen LogP contribution in [0.25, 0.3) is 0 Å². The molecule has 0 aromatic heterocycles. The van der Waals surface area contributed by atoms with Crippen molar-refractivity contribution in [1.82, 2.24) is 4.90 Å². The third-order valence-electron chi connectivity index (χ3n) is 2.72. The van der Waals surface area contributed by atoms with Crippen LogP contribution in [0.4, 0.5) is 0 Å². The van der Waals surface area contributed by atoms with E-state index in [0.717, 1.165) is 5.56 Å². The molecule has 0 saturated heterocycles. The molecule has 0 radical (unpaired) electrons. The fourth-order valence-corrected chi connectivity index (χ4v) is 1.71. The van der Waals surface area contributed by atoms with Gasteiger partial charge in [0.1, 0.15) is 0 Å². The van der Waals surface area contributed by atoms with Gasteiger partial charge in [-0.1, -0.05) is 42.5 Å². The van der Waals surface area contributed by atoms with Gasteiger partial charge in [-0.15, -0.1) is 0 Å². The Balaban J connectivity index is 2.03. The Bertz CT molecular complexity index is 420. The largest absolute Gasteiger partial charge is 0.364 e. The zero-order valence-corrected chi connectivity index (χ0v) is 9.34. The maximum absolute atomic E-state index is 12.0. The fraction of sp³-hybridized carbons (Fsp3) is 0.214. The molecule has 2 rings (SSSR count). The monoisotopic (exact) mass is 213 g/mol. The Kier molecular flexibility index (Phi) is 3.20. The quantitative estimate of drug-likeness (QED) is 0.719. The Morgan fingerprint density at radius 1 is 1.25 bits per heavy atom. The lowest BCUT2D eigenvalue weighted by atomic mass is 10.1. The van der Waals surface area contributed by atoms with Crippen LogP contribution in [-0.4, -0.2) is 23.3 Å². The van der Waals surface area contributed by atoms with Crippen LogP contribution in [0.5, 0.6) is 0 Å². The van der Waals surface area contributed by atoms with Crippen LogP contribution in [-0.2, 0) is 0 Å². The average molecular weight is 213 g/mol. The predicted molar refractivity (Wildman–Crippen MR) is 65.2 cm³/mol. The highest BCUT2D eigenvalue weighted by Crippen LogP contribution is 2.09. The Morgan fingerprint density at radius 2 is 2.00 bits per heavy atom. The van der Waals surface area contributed by atoms with E-state index in [0.29, 0.717) is 6.54 Å². The maximum atomic E-state index is 12.0. The molecule has 1 atom stereocenters. The summed E-state index contributed by atoms with van der Waals surface area (Å²) >= 11 is 0. The van der Waals surface area contributed by atoms with Crippen LogP contribution in [0.1, 0.15) is 17.3 Å². The van der Waals surface area contributed by atoms with Crippen LogP contribution in [0.2, 0.25) is 0 Å². The molecule has 1 aliphatic heterocycles. The van der Waals surface area contributed by atoms with E-state index in [4.69, 9.17) is 0 Å². The number of carbonyl (C=O) groups excluding carboxylic acids is 1. The van der Waals surface area contributed by atoms with Gasteiger partial charge in [0.2, 0.25) is 0 Å². The summed E-state index contributed by atoms with van der Waals surface area (Å²) < 4.78 is 0. The van der Waals surface area contributed by atoms with Gasteiger partial charge < -0.3 is 4.90 Å². The van der Waals surface area contributed by atoms with Crippen molar-refractivity contribution in [3.05, 3.63) is 60.3 Å². The maximum Gasteiger partial charge on any atom is 0.182 e. The van der Waals surface area contributed by atoms with E-state index in [2.05, 4.69) is 13.0 Å².